The van der Waals surface area contributed by atoms with Crippen LogP contribution < -0.4 is 9.47 Å². The van der Waals surface area contributed by atoms with Gasteiger partial charge >= 0.3 is 11.9 Å². The van der Waals surface area contributed by atoms with Crippen LogP contribution in [-0.4, -0.2) is 24.4 Å². The molecule has 172 valence electrons. The van der Waals surface area contributed by atoms with Gasteiger partial charge in [0, 0.05) is 0 Å². The second kappa shape index (κ2) is 10.0. The minimum Gasteiger partial charge on any atom is -0.490 e. The fourth-order valence-electron chi connectivity index (χ4n) is 3.19. The van der Waals surface area contributed by atoms with E-state index >= 15 is 0 Å². The Hall–Kier alpha value is -3.78. The van der Waals surface area contributed by atoms with E-state index in [1.807, 2.05) is 19.1 Å². The van der Waals surface area contributed by atoms with Crippen molar-refractivity contribution >= 4 is 39.8 Å². The Morgan fingerprint density at radius 3 is 2.59 bits per heavy atom. The standard InChI is InChI=1S/C26H19BrFNO5/c1-3-32-22-14-16(12-19(27)23(22)33-25(30)17-10-8-15(2)9-11-17)13-21-26(31)34-24(29-21)18-6-4-5-7-20(18)28/h4-14H,3H2,1-2H3/b21-13-. The van der Waals surface area contributed by atoms with Crippen LogP contribution in [0.15, 0.2) is 75.8 Å². The molecule has 0 saturated heterocycles. The molecule has 3 aromatic rings. The van der Waals surface area contributed by atoms with Crippen LogP contribution in [0.4, 0.5) is 4.39 Å². The van der Waals surface area contributed by atoms with E-state index in [-0.39, 0.29) is 22.9 Å². The third-order valence-electron chi connectivity index (χ3n) is 4.84. The van der Waals surface area contributed by atoms with Crippen LogP contribution in [0.1, 0.15) is 34.0 Å². The van der Waals surface area contributed by atoms with E-state index < -0.39 is 17.8 Å². The highest BCUT2D eigenvalue weighted by atomic mass is 79.9. The Labute approximate surface area is 203 Å². The largest absolute Gasteiger partial charge is 0.490 e. The van der Waals surface area contributed by atoms with Crippen molar-refractivity contribution < 1.29 is 28.2 Å². The van der Waals surface area contributed by atoms with Crippen LogP contribution >= 0.6 is 15.9 Å². The number of nitrogens with zero attached hydrogens (tertiary/aromatic N) is 1. The summed E-state index contributed by atoms with van der Waals surface area (Å²) in [5, 5.41) is 0. The molecule has 0 spiro atoms. The van der Waals surface area contributed by atoms with E-state index in [0.717, 1.165) is 5.56 Å². The van der Waals surface area contributed by atoms with Gasteiger partial charge in [0.2, 0.25) is 5.90 Å². The second-order valence-corrected chi connectivity index (χ2v) is 8.19. The maximum atomic E-state index is 14.0. The van der Waals surface area contributed by atoms with Gasteiger partial charge < -0.3 is 14.2 Å². The molecule has 34 heavy (non-hydrogen) atoms. The first-order valence-corrected chi connectivity index (χ1v) is 11.2. The van der Waals surface area contributed by atoms with Crippen LogP contribution in [-0.2, 0) is 9.53 Å². The number of aryl methyl sites for hydroxylation is 1. The average Bonchev–Trinajstić information content (AvgIpc) is 3.16. The van der Waals surface area contributed by atoms with Gasteiger partial charge in [0.15, 0.2) is 17.2 Å². The lowest BCUT2D eigenvalue weighted by atomic mass is 10.1. The first kappa shape index (κ1) is 23.4. The minimum absolute atomic E-state index is 0.00278. The van der Waals surface area contributed by atoms with E-state index in [2.05, 4.69) is 20.9 Å². The molecule has 0 saturated carbocycles. The maximum absolute atomic E-state index is 14.0. The number of benzene rings is 3. The molecular formula is C26H19BrFNO5. The number of carbonyl (C=O) groups is 2. The monoisotopic (exact) mass is 523 g/mol. The number of rotatable bonds is 6. The van der Waals surface area contributed by atoms with Gasteiger partial charge in [-0.25, -0.2) is 19.0 Å². The molecule has 0 radical (unpaired) electrons. The van der Waals surface area contributed by atoms with E-state index in [1.54, 1.807) is 37.3 Å². The highest BCUT2D eigenvalue weighted by Crippen LogP contribution is 2.38. The Balaban J connectivity index is 1.65. The minimum atomic E-state index is -0.706. The van der Waals surface area contributed by atoms with Gasteiger partial charge in [0.1, 0.15) is 5.82 Å². The summed E-state index contributed by atoms with van der Waals surface area (Å²) in [5.74, 6) is -1.39. The fraction of sp³-hybridized carbons (Fsp3) is 0.115. The first-order chi connectivity index (χ1) is 16.4. The van der Waals surface area contributed by atoms with Gasteiger partial charge in [-0.1, -0.05) is 29.8 Å². The molecule has 0 unspecified atom stereocenters. The molecule has 0 fully saturated rings. The number of ether oxygens (including phenoxy) is 3. The molecule has 0 aromatic heterocycles. The summed E-state index contributed by atoms with van der Waals surface area (Å²) in [6.45, 7) is 4.04. The quantitative estimate of drug-likeness (QED) is 0.230. The highest BCUT2D eigenvalue weighted by molar-refractivity contribution is 9.10. The maximum Gasteiger partial charge on any atom is 0.363 e. The van der Waals surface area contributed by atoms with Gasteiger partial charge in [0.25, 0.3) is 0 Å². The lowest BCUT2D eigenvalue weighted by Crippen LogP contribution is -2.10. The van der Waals surface area contributed by atoms with Gasteiger partial charge in [-0.15, -0.1) is 0 Å². The van der Waals surface area contributed by atoms with E-state index in [4.69, 9.17) is 14.2 Å². The van der Waals surface area contributed by atoms with Crippen molar-refractivity contribution in [2.45, 2.75) is 13.8 Å². The predicted molar refractivity (Wildman–Crippen MR) is 128 cm³/mol. The van der Waals surface area contributed by atoms with Crippen molar-refractivity contribution in [3.8, 4) is 11.5 Å². The highest BCUT2D eigenvalue weighted by Gasteiger charge is 2.26. The van der Waals surface area contributed by atoms with Crippen LogP contribution in [0.2, 0.25) is 0 Å². The van der Waals surface area contributed by atoms with Crippen LogP contribution in [0.3, 0.4) is 0 Å². The molecule has 6 nitrogen and oxygen atoms in total. The molecule has 0 bridgehead atoms. The zero-order chi connectivity index (χ0) is 24.2. The van der Waals surface area contributed by atoms with E-state index in [9.17, 15) is 14.0 Å². The number of carbonyl (C=O) groups excluding carboxylic acids is 2. The zero-order valence-corrected chi connectivity index (χ0v) is 19.9. The summed E-state index contributed by atoms with van der Waals surface area (Å²) in [6.07, 6.45) is 1.48. The average molecular weight is 524 g/mol. The summed E-state index contributed by atoms with van der Waals surface area (Å²) >= 11 is 3.42. The van der Waals surface area contributed by atoms with E-state index in [1.165, 1.54) is 24.3 Å². The zero-order valence-electron chi connectivity index (χ0n) is 18.3. The molecule has 0 aliphatic carbocycles. The smallest absolute Gasteiger partial charge is 0.363 e. The number of cyclic esters (lactones) is 1. The van der Waals surface area contributed by atoms with Crippen LogP contribution in [0.5, 0.6) is 11.5 Å². The van der Waals surface area contributed by atoms with Crippen molar-refractivity contribution in [2.24, 2.45) is 4.99 Å². The fourth-order valence-corrected chi connectivity index (χ4v) is 3.73. The lowest BCUT2D eigenvalue weighted by molar-refractivity contribution is -0.129. The Morgan fingerprint density at radius 1 is 1.15 bits per heavy atom. The molecule has 3 aromatic carbocycles. The van der Waals surface area contributed by atoms with Crippen LogP contribution in [0, 0.1) is 12.7 Å². The first-order valence-electron chi connectivity index (χ1n) is 10.4. The van der Waals surface area contributed by atoms with E-state index in [0.29, 0.717) is 28.0 Å². The lowest BCUT2D eigenvalue weighted by Gasteiger charge is -2.13. The van der Waals surface area contributed by atoms with Crippen molar-refractivity contribution in [1.29, 1.82) is 0 Å². The molecule has 8 heteroatoms. The number of halogens is 2. The van der Waals surface area contributed by atoms with Crippen molar-refractivity contribution in [3.63, 3.8) is 0 Å². The molecule has 4 rings (SSSR count). The molecule has 1 aliphatic heterocycles. The Morgan fingerprint density at radius 2 is 1.88 bits per heavy atom. The van der Waals surface area contributed by atoms with Gasteiger partial charge in [0.05, 0.1) is 22.2 Å². The topological polar surface area (TPSA) is 74.2 Å². The third kappa shape index (κ3) is 5.07. The normalized spacial score (nSPS) is 14.1. The van der Waals surface area contributed by atoms with Gasteiger partial charge in [-0.2, -0.15) is 0 Å². The molecule has 0 atom stereocenters. The predicted octanol–water partition coefficient (Wildman–Crippen LogP) is 5.86. The van der Waals surface area contributed by atoms with Gasteiger partial charge in [-0.3, -0.25) is 0 Å². The summed E-state index contributed by atoms with van der Waals surface area (Å²) in [6, 6.07) is 16.2. The molecule has 1 aliphatic rings. The number of hydrogen-bond acceptors (Lipinski definition) is 6. The number of esters is 2. The van der Waals surface area contributed by atoms with Crippen LogP contribution in [0.25, 0.3) is 6.08 Å². The van der Waals surface area contributed by atoms with Crippen molar-refractivity contribution in [2.75, 3.05) is 6.61 Å². The summed E-state index contributed by atoms with van der Waals surface area (Å²) < 4.78 is 30.9. The Kier molecular flexibility index (Phi) is 6.88. The van der Waals surface area contributed by atoms with Gasteiger partial charge in [-0.05, 0) is 77.8 Å². The number of hydrogen-bond donors (Lipinski definition) is 0. The van der Waals surface area contributed by atoms with Crippen molar-refractivity contribution in [1.82, 2.24) is 0 Å². The molecule has 0 N–H and O–H groups in total. The number of aliphatic imine (C=N–C) groups is 1. The SMILES string of the molecule is CCOc1cc(/C=C2\N=C(c3ccccc3F)OC2=O)cc(Br)c1OC(=O)c1ccc(C)cc1. The summed E-state index contributed by atoms with van der Waals surface area (Å²) in [7, 11) is 0. The summed E-state index contributed by atoms with van der Waals surface area (Å²) in [4.78, 5) is 29.1. The molecular weight excluding hydrogens is 505 g/mol. The third-order valence-corrected chi connectivity index (χ3v) is 5.43. The Bertz CT molecular complexity index is 1330. The summed E-state index contributed by atoms with van der Waals surface area (Å²) in [5.41, 5.74) is 2.05. The molecule has 1 heterocycles. The van der Waals surface area contributed by atoms with Crippen molar-refractivity contribution in [3.05, 3.63) is 98.9 Å². The molecule has 0 amide bonds. The second-order valence-electron chi connectivity index (χ2n) is 7.33.